The van der Waals surface area contributed by atoms with E-state index in [0.717, 1.165) is 24.6 Å². The molecule has 0 radical (unpaired) electrons. The topological polar surface area (TPSA) is 24.9 Å². The van der Waals surface area contributed by atoms with Crippen molar-refractivity contribution in [3.05, 3.63) is 35.7 Å². The van der Waals surface area contributed by atoms with Crippen LogP contribution in [0.5, 0.6) is 0 Å². The Morgan fingerprint density at radius 1 is 1.38 bits per heavy atom. The van der Waals surface area contributed by atoms with Gasteiger partial charge in [-0.15, -0.1) is 6.42 Å². The van der Waals surface area contributed by atoms with Gasteiger partial charge in [0.15, 0.2) is 0 Å². The Hall–Kier alpha value is -1.59. The van der Waals surface area contributed by atoms with Crippen LogP contribution in [0.2, 0.25) is 0 Å². The van der Waals surface area contributed by atoms with Crippen molar-refractivity contribution in [3.63, 3.8) is 0 Å². The molecule has 0 saturated carbocycles. The van der Waals surface area contributed by atoms with E-state index in [1.807, 2.05) is 6.20 Å². The summed E-state index contributed by atoms with van der Waals surface area (Å²) in [6.07, 6.45) is 12.6. The quantitative estimate of drug-likeness (QED) is 0.713. The van der Waals surface area contributed by atoms with Gasteiger partial charge in [-0.25, -0.2) is 0 Å². The normalized spacial score (nSPS) is 27.3. The molecule has 1 aromatic heterocycles. The number of hydrogen-bond acceptors (Lipinski definition) is 2. The van der Waals surface area contributed by atoms with Gasteiger partial charge in [-0.05, 0) is 36.1 Å². The number of terminal acetylenes is 1. The van der Waals surface area contributed by atoms with Crippen molar-refractivity contribution in [2.75, 3.05) is 13.1 Å². The number of nitrogens with one attached hydrogen (secondary N) is 1. The molecule has 2 atom stereocenters. The Bertz CT molecular complexity index is 482. The van der Waals surface area contributed by atoms with Gasteiger partial charge < -0.3 is 5.32 Å². The lowest BCUT2D eigenvalue weighted by Crippen LogP contribution is -2.10. The second-order valence-corrected chi connectivity index (χ2v) is 4.53. The van der Waals surface area contributed by atoms with Gasteiger partial charge in [0.05, 0.1) is 0 Å². The summed E-state index contributed by atoms with van der Waals surface area (Å²) in [5.74, 6) is 4.09. The average Bonchev–Trinajstić information content (AvgIpc) is 2.90. The Morgan fingerprint density at radius 2 is 2.31 bits per heavy atom. The SMILES string of the molecule is C#Cc1cncc(C2=CCC3CNCC23)c1. The molecule has 0 amide bonds. The van der Waals surface area contributed by atoms with Crippen LogP contribution in [0.15, 0.2) is 24.5 Å². The van der Waals surface area contributed by atoms with Gasteiger partial charge in [0.1, 0.15) is 0 Å². The molecule has 1 aliphatic heterocycles. The Labute approximate surface area is 95.8 Å². The number of rotatable bonds is 1. The number of hydrogen-bond donors (Lipinski definition) is 1. The number of fused-ring (bicyclic) bond motifs is 1. The summed E-state index contributed by atoms with van der Waals surface area (Å²) in [5.41, 5.74) is 3.50. The van der Waals surface area contributed by atoms with E-state index < -0.39 is 0 Å². The molecule has 0 spiro atoms. The molecule has 2 heteroatoms. The van der Waals surface area contributed by atoms with Crippen LogP contribution in [0.1, 0.15) is 17.5 Å². The van der Waals surface area contributed by atoms with Crippen LogP contribution in [0, 0.1) is 24.2 Å². The molecule has 2 aliphatic rings. The Balaban J connectivity index is 1.95. The standard InChI is InChI=1S/C14H14N2/c1-2-10-5-12(8-15-6-10)13-4-3-11-7-16-9-14(11)13/h1,4-6,8,11,14,16H,3,7,9H2. The molecule has 1 fully saturated rings. The highest BCUT2D eigenvalue weighted by Crippen LogP contribution is 2.39. The van der Waals surface area contributed by atoms with Crippen LogP contribution in [-0.4, -0.2) is 18.1 Å². The van der Waals surface area contributed by atoms with Gasteiger partial charge in [0, 0.05) is 30.4 Å². The predicted octanol–water partition coefficient (Wildman–Crippen LogP) is 1.69. The zero-order chi connectivity index (χ0) is 11.0. The van der Waals surface area contributed by atoms with Crippen molar-refractivity contribution in [2.45, 2.75) is 6.42 Å². The number of aromatic nitrogens is 1. The van der Waals surface area contributed by atoms with Crippen molar-refractivity contribution >= 4 is 5.57 Å². The van der Waals surface area contributed by atoms with Crippen LogP contribution < -0.4 is 5.32 Å². The highest BCUT2D eigenvalue weighted by atomic mass is 14.9. The fraction of sp³-hybridized carbons (Fsp3) is 0.357. The third kappa shape index (κ3) is 1.45. The first-order valence-electron chi connectivity index (χ1n) is 5.71. The maximum Gasteiger partial charge on any atom is 0.0432 e. The second-order valence-electron chi connectivity index (χ2n) is 4.53. The van der Waals surface area contributed by atoms with Crippen LogP contribution in [-0.2, 0) is 0 Å². The second kappa shape index (κ2) is 3.77. The minimum atomic E-state index is 0.662. The minimum absolute atomic E-state index is 0.662. The van der Waals surface area contributed by atoms with Gasteiger partial charge in [-0.2, -0.15) is 0 Å². The summed E-state index contributed by atoms with van der Waals surface area (Å²) in [5, 5.41) is 3.45. The molecule has 0 aromatic carbocycles. The van der Waals surface area contributed by atoms with Crippen molar-refractivity contribution in [2.24, 2.45) is 11.8 Å². The molecule has 2 nitrogen and oxygen atoms in total. The summed E-state index contributed by atoms with van der Waals surface area (Å²) >= 11 is 0. The first kappa shape index (κ1) is 9.62. The molecule has 2 heterocycles. The number of allylic oxidation sites excluding steroid dienone is 1. The van der Waals surface area contributed by atoms with E-state index in [4.69, 9.17) is 6.42 Å². The fourth-order valence-corrected chi connectivity index (χ4v) is 2.78. The van der Waals surface area contributed by atoms with E-state index in [1.54, 1.807) is 6.20 Å². The van der Waals surface area contributed by atoms with Gasteiger partial charge in [0.25, 0.3) is 0 Å². The van der Waals surface area contributed by atoms with Crippen LogP contribution >= 0.6 is 0 Å². The van der Waals surface area contributed by atoms with E-state index >= 15 is 0 Å². The summed E-state index contributed by atoms with van der Waals surface area (Å²) in [6.45, 7) is 2.24. The van der Waals surface area contributed by atoms with Crippen molar-refractivity contribution < 1.29 is 0 Å². The molecule has 0 bridgehead atoms. The molecule has 2 unspecified atom stereocenters. The average molecular weight is 210 g/mol. The fourth-order valence-electron chi connectivity index (χ4n) is 2.78. The van der Waals surface area contributed by atoms with E-state index in [9.17, 15) is 0 Å². The minimum Gasteiger partial charge on any atom is -0.316 e. The summed E-state index contributed by atoms with van der Waals surface area (Å²) in [7, 11) is 0. The smallest absolute Gasteiger partial charge is 0.0432 e. The number of nitrogens with zero attached hydrogens (tertiary/aromatic N) is 1. The van der Waals surface area contributed by atoms with Gasteiger partial charge >= 0.3 is 0 Å². The zero-order valence-electron chi connectivity index (χ0n) is 9.11. The molecule has 1 aromatic rings. The highest BCUT2D eigenvalue weighted by molar-refractivity contribution is 5.70. The number of pyridine rings is 1. The maximum atomic E-state index is 5.40. The largest absolute Gasteiger partial charge is 0.316 e. The van der Waals surface area contributed by atoms with Crippen molar-refractivity contribution in [3.8, 4) is 12.3 Å². The van der Waals surface area contributed by atoms with E-state index in [1.165, 1.54) is 17.6 Å². The van der Waals surface area contributed by atoms with Crippen molar-refractivity contribution in [1.29, 1.82) is 0 Å². The molecule has 3 rings (SSSR count). The van der Waals surface area contributed by atoms with Crippen LogP contribution in [0.25, 0.3) is 5.57 Å². The van der Waals surface area contributed by atoms with Gasteiger partial charge in [0.2, 0.25) is 0 Å². The lowest BCUT2D eigenvalue weighted by Gasteiger charge is -2.13. The van der Waals surface area contributed by atoms with E-state index in [-0.39, 0.29) is 0 Å². The van der Waals surface area contributed by atoms with Crippen LogP contribution in [0.3, 0.4) is 0 Å². The van der Waals surface area contributed by atoms with Gasteiger partial charge in [-0.3, -0.25) is 4.98 Å². The molecule has 1 N–H and O–H groups in total. The summed E-state index contributed by atoms with van der Waals surface area (Å²) in [6, 6.07) is 2.07. The van der Waals surface area contributed by atoms with Crippen molar-refractivity contribution in [1.82, 2.24) is 10.3 Å². The molecular formula is C14H14N2. The maximum absolute atomic E-state index is 5.40. The molecule has 16 heavy (non-hydrogen) atoms. The summed E-state index contributed by atoms with van der Waals surface area (Å²) < 4.78 is 0. The first-order valence-corrected chi connectivity index (χ1v) is 5.71. The van der Waals surface area contributed by atoms with Crippen LogP contribution in [0.4, 0.5) is 0 Å². The molecule has 1 aliphatic carbocycles. The third-order valence-corrected chi connectivity index (χ3v) is 3.62. The zero-order valence-corrected chi connectivity index (χ0v) is 9.11. The lowest BCUT2D eigenvalue weighted by molar-refractivity contribution is 0.542. The highest BCUT2D eigenvalue weighted by Gasteiger charge is 2.34. The van der Waals surface area contributed by atoms with Gasteiger partial charge in [-0.1, -0.05) is 12.0 Å². The summed E-state index contributed by atoms with van der Waals surface area (Å²) in [4.78, 5) is 4.21. The lowest BCUT2D eigenvalue weighted by atomic mass is 9.91. The third-order valence-electron chi connectivity index (χ3n) is 3.62. The monoisotopic (exact) mass is 210 g/mol. The van der Waals surface area contributed by atoms with E-state index in [2.05, 4.69) is 28.4 Å². The van der Waals surface area contributed by atoms with E-state index in [0.29, 0.717) is 5.92 Å². The Kier molecular flexibility index (Phi) is 2.27. The molecule has 1 saturated heterocycles. The predicted molar refractivity (Wildman–Crippen MR) is 64.6 cm³/mol. The molecular weight excluding hydrogens is 196 g/mol. The Morgan fingerprint density at radius 3 is 3.19 bits per heavy atom. The first-order chi connectivity index (χ1) is 7.88. The molecule has 80 valence electrons.